The fraction of sp³-hybridized carbons (Fsp3) is 0.211. The molecule has 3 rings (SSSR count). The van der Waals surface area contributed by atoms with E-state index in [1.54, 1.807) is 0 Å². The van der Waals surface area contributed by atoms with E-state index >= 15 is 0 Å². The highest BCUT2D eigenvalue weighted by Gasteiger charge is 2.34. The Morgan fingerprint density at radius 1 is 1.25 bits per heavy atom. The number of carbonyl (C=O) groups is 1. The largest absolute Gasteiger partial charge is 0.434 e. The number of aromatic amines is 1. The lowest BCUT2D eigenvalue weighted by Gasteiger charge is -2.24. The Morgan fingerprint density at radius 3 is 2.50 bits per heavy atom. The van der Waals surface area contributed by atoms with E-state index in [0.29, 0.717) is 0 Å². The molecule has 1 amide bonds. The van der Waals surface area contributed by atoms with E-state index in [9.17, 15) is 26.8 Å². The molecule has 2 atom stereocenters. The third-order valence-electron chi connectivity index (χ3n) is 4.85. The summed E-state index contributed by atoms with van der Waals surface area (Å²) in [5, 5.41) is 5.69. The molecule has 0 radical (unpaired) electrons. The SMILES string of the molecule is Cc1c(F)ccc(F)c1[C@@H](C)[C@H](NS(=O)(=O)c1ccc(Cl)cc1C(N)=O)c1n[nH]c(=O)o1. The van der Waals surface area contributed by atoms with Crippen molar-refractivity contribution in [3.05, 3.63) is 80.1 Å². The van der Waals surface area contributed by atoms with Crippen LogP contribution in [0.25, 0.3) is 0 Å². The van der Waals surface area contributed by atoms with Gasteiger partial charge in [0, 0.05) is 10.9 Å². The second-order valence-corrected chi connectivity index (χ2v) is 9.03. The monoisotopic (exact) mass is 486 g/mol. The first kappa shape index (κ1) is 23.6. The summed E-state index contributed by atoms with van der Waals surface area (Å²) < 4.78 is 62.1. The minimum Gasteiger partial charge on any atom is -0.391 e. The molecule has 0 spiro atoms. The van der Waals surface area contributed by atoms with Gasteiger partial charge < -0.3 is 10.2 Å². The van der Waals surface area contributed by atoms with Gasteiger partial charge in [-0.1, -0.05) is 18.5 Å². The summed E-state index contributed by atoms with van der Waals surface area (Å²) in [5.41, 5.74) is 4.66. The molecule has 3 aromatic rings. The molecule has 0 fully saturated rings. The summed E-state index contributed by atoms with van der Waals surface area (Å²) in [6.07, 6.45) is 0. The molecule has 2 aromatic carbocycles. The Hall–Kier alpha value is -3.09. The highest BCUT2D eigenvalue weighted by Crippen LogP contribution is 2.35. The van der Waals surface area contributed by atoms with Crippen molar-refractivity contribution < 1.29 is 26.4 Å². The predicted octanol–water partition coefficient (Wildman–Crippen LogP) is 2.53. The molecular formula is C19H17ClF2N4O5S. The maximum atomic E-state index is 14.6. The zero-order chi connectivity index (χ0) is 23.8. The number of nitrogens with two attached hydrogens (primary N) is 1. The minimum absolute atomic E-state index is 0.0658. The number of hydrogen-bond acceptors (Lipinski definition) is 6. The fourth-order valence-corrected chi connectivity index (χ4v) is 4.93. The van der Waals surface area contributed by atoms with Crippen molar-refractivity contribution >= 4 is 27.5 Å². The molecule has 170 valence electrons. The summed E-state index contributed by atoms with van der Waals surface area (Å²) in [4.78, 5) is 22.7. The number of H-pyrrole nitrogens is 1. The number of benzene rings is 2. The van der Waals surface area contributed by atoms with Gasteiger partial charge in [0.1, 0.15) is 17.7 Å². The zero-order valence-corrected chi connectivity index (χ0v) is 18.2. The van der Waals surface area contributed by atoms with E-state index in [0.717, 1.165) is 24.3 Å². The van der Waals surface area contributed by atoms with Gasteiger partial charge in [-0.3, -0.25) is 4.79 Å². The second kappa shape index (κ2) is 8.81. The Morgan fingerprint density at radius 2 is 1.91 bits per heavy atom. The second-order valence-electron chi connectivity index (χ2n) is 6.91. The average Bonchev–Trinajstić information content (AvgIpc) is 3.15. The van der Waals surface area contributed by atoms with Crippen LogP contribution in [0.15, 0.2) is 44.4 Å². The lowest BCUT2D eigenvalue weighted by molar-refractivity contribution is 0.0997. The quantitative estimate of drug-likeness (QED) is 0.467. The van der Waals surface area contributed by atoms with Crippen LogP contribution in [0.4, 0.5) is 8.78 Å². The number of rotatable bonds is 7. The maximum absolute atomic E-state index is 14.6. The van der Waals surface area contributed by atoms with Crippen LogP contribution in [0.5, 0.6) is 0 Å². The number of halogens is 3. The van der Waals surface area contributed by atoms with E-state index in [2.05, 4.69) is 9.82 Å². The molecule has 0 saturated heterocycles. The molecule has 13 heteroatoms. The molecule has 9 nitrogen and oxygen atoms in total. The Bertz CT molecular complexity index is 1360. The minimum atomic E-state index is -4.52. The maximum Gasteiger partial charge on any atom is 0.434 e. The zero-order valence-electron chi connectivity index (χ0n) is 16.6. The van der Waals surface area contributed by atoms with Gasteiger partial charge >= 0.3 is 5.76 Å². The van der Waals surface area contributed by atoms with Crippen LogP contribution < -0.4 is 16.2 Å². The van der Waals surface area contributed by atoms with Crippen molar-refractivity contribution in [2.45, 2.75) is 30.7 Å². The number of primary amides is 1. The summed E-state index contributed by atoms with van der Waals surface area (Å²) >= 11 is 5.83. The van der Waals surface area contributed by atoms with Gasteiger partial charge in [0.2, 0.25) is 21.8 Å². The van der Waals surface area contributed by atoms with Gasteiger partial charge in [0.15, 0.2) is 0 Å². The van der Waals surface area contributed by atoms with E-state index in [1.807, 2.05) is 5.10 Å². The molecular weight excluding hydrogens is 470 g/mol. The van der Waals surface area contributed by atoms with E-state index < -0.39 is 61.6 Å². The number of carbonyl (C=O) groups excluding carboxylic acids is 1. The van der Waals surface area contributed by atoms with Crippen molar-refractivity contribution in [2.75, 3.05) is 0 Å². The molecule has 4 N–H and O–H groups in total. The summed E-state index contributed by atoms with van der Waals surface area (Å²) in [7, 11) is -4.52. The van der Waals surface area contributed by atoms with Crippen LogP contribution in [-0.2, 0) is 10.0 Å². The number of sulfonamides is 1. The predicted molar refractivity (Wildman–Crippen MR) is 110 cm³/mol. The number of nitrogens with one attached hydrogen (secondary N) is 2. The molecule has 0 aliphatic rings. The van der Waals surface area contributed by atoms with Crippen LogP contribution in [0.3, 0.4) is 0 Å². The number of amides is 1. The van der Waals surface area contributed by atoms with E-state index in [1.165, 1.54) is 19.9 Å². The lowest BCUT2D eigenvalue weighted by atomic mass is 9.89. The van der Waals surface area contributed by atoms with Crippen LogP contribution >= 0.6 is 11.6 Å². The third kappa shape index (κ3) is 4.56. The third-order valence-corrected chi connectivity index (χ3v) is 6.58. The Kier molecular flexibility index (Phi) is 6.49. The molecule has 0 bridgehead atoms. The average molecular weight is 487 g/mol. The highest BCUT2D eigenvalue weighted by molar-refractivity contribution is 7.89. The van der Waals surface area contributed by atoms with Gasteiger partial charge in [0.05, 0.1) is 10.5 Å². The Balaban J connectivity index is 2.14. The van der Waals surface area contributed by atoms with Crippen molar-refractivity contribution in [1.82, 2.24) is 14.9 Å². The van der Waals surface area contributed by atoms with Crippen molar-refractivity contribution in [1.29, 1.82) is 0 Å². The van der Waals surface area contributed by atoms with Gasteiger partial charge in [-0.2, -0.15) is 4.72 Å². The Labute approximate surface area is 185 Å². The summed E-state index contributed by atoms with van der Waals surface area (Å²) in [6, 6.07) is 3.71. The molecule has 1 heterocycles. The van der Waals surface area contributed by atoms with Gasteiger partial charge in [-0.25, -0.2) is 27.1 Å². The summed E-state index contributed by atoms with van der Waals surface area (Å²) in [5.74, 6) is -5.09. The molecule has 0 saturated carbocycles. The van der Waals surface area contributed by atoms with Crippen LogP contribution in [-0.4, -0.2) is 24.5 Å². The van der Waals surface area contributed by atoms with Crippen LogP contribution in [0.2, 0.25) is 5.02 Å². The van der Waals surface area contributed by atoms with Crippen LogP contribution in [0.1, 0.15) is 46.3 Å². The standard InChI is InChI=1S/C19H17ClF2N4O5S/c1-8-12(21)4-5-13(22)15(8)9(2)16(18-24-25-19(28)31-18)26-32(29,30)14-6-3-10(20)7-11(14)17(23)27/h3-7,9,16,26H,1-2H3,(H2,23,27)(H,25,28)/t9-,16+/m1/s1. The van der Waals surface area contributed by atoms with Gasteiger partial charge in [-0.05, 0) is 48.4 Å². The van der Waals surface area contributed by atoms with E-state index in [-0.39, 0.29) is 16.1 Å². The summed E-state index contributed by atoms with van der Waals surface area (Å²) in [6.45, 7) is 2.71. The smallest absolute Gasteiger partial charge is 0.391 e. The first-order chi connectivity index (χ1) is 14.9. The molecule has 0 aliphatic carbocycles. The number of hydrogen-bond donors (Lipinski definition) is 3. The first-order valence-corrected chi connectivity index (χ1v) is 10.9. The lowest BCUT2D eigenvalue weighted by Crippen LogP contribution is -2.34. The molecule has 1 aromatic heterocycles. The van der Waals surface area contributed by atoms with Crippen molar-refractivity contribution in [2.24, 2.45) is 5.73 Å². The molecule has 0 unspecified atom stereocenters. The molecule has 32 heavy (non-hydrogen) atoms. The van der Waals surface area contributed by atoms with Gasteiger partial charge in [0.25, 0.3) is 0 Å². The number of nitrogens with zero attached hydrogens (tertiary/aromatic N) is 1. The normalized spacial score (nSPS) is 13.7. The van der Waals surface area contributed by atoms with E-state index in [4.69, 9.17) is 21.8 Å². The van der Waals surface area contributed by atoms with Crippen molar-refractivity contribution in [3.8, 4) is 0 Å². The molecule has 0 aliphatic heterocycles. The van der Waals surface area contributed by atoms with Crippen molar-refractivity contribution in [3.63, 3.8) is 0 Å². The topological polar surface area (TPSA) is 148 Å². The highest BCUT2D eigenvalue weighted by atomic mass is 35.5. The number of aromatic nitrogens is 2. The first-order valence-electron chi connectivity index (χ1n) is 9.04. The van der Waals surface area contributed by atoms with Crippen LogP contribution in [0, 0.1) is 18.6 Å². The fourth-order valence-electron chi connectivity index (χ4n) is 3.29. The van der Waals surface area contributed by atoms with Gasteiger partial charge in [-0.15, -0.1) is 5.10 Å².